The van der Waals surface area contributed by atoms with Gasteiger partial charge in [0.05, 0.1) is 0 Å². The first-order chi connectivity index (χ1) is 10.7. The number of hydrogen-bond acceptors (Lipinski definition) is 2. The molecule has 3 rings (SSSR count). The molecule has 0 amide bonds. The SMILES string of the molecule is Cc1cccc(C)c1OCc1cccc(CN2CCCC2)c1. The first-order valence-electron chi connectivity index (χ1n) is 8.21. The molecular weight excluding hydrogens is 270 g/mol. The largest absolute Gasteiger partial charge is 0.488 e. The second-order valence-electron chi connectivity index (χ2n) is 6.31. The molecule has 1 aliphatic heterocycles. The fraction of sp³-hybridized carbons (Fsp3) is 0.400. The molecule has 1 fully saturated rings. The van der Waals surface area contributed by atoms with Crippen molar-refractivity contribution in [3.8, 4) is 5.75 Å². The van der Waals surface area contributed by atoms with Crippen molar-refractivity contribution in [1.82, 2.24) is 4.90 Å². The topological polar surface area (TPSA) is 12.5 Å². The molecule has 116 valence electrons. The van der Waals surface area contributed by atoms with Crippen molar-refractivity contribution < 1.29 is 4.74 Å². The average Bonchev–Trinajstić information content (AvgIpc) is 3.00. The minimum Gasteiger partial charge on any atom is -0.488 e. The molecule has 0 aromatic heterocycles. The number of ether oxygens (including phenoxy) is 1. The lowest BCUT2D eigenvalue weighted by molar-refractivity contribution is 0.301. The van der Waals surface area contributed by atoms with Gasteiger partial charge in [-0.25, -0.2) is 0 Å². The average molecular weight is 295 g/mol. The maximum Gasteiger partial charge on any atom is 0.125 e. The Morgan fingerprint density at radius 1 is 0.909 bits per heavy atom. The Bertz CT molecular complexity index is 609. The number of rotatable bonds is 5. The highest BCUT2D eigenvalue weighted by Crippen LogP contribution is 2.23. The number of benzene rings is 2. The lowest BCUT2D eigenvalue weighted by Gasteiger charge is -2.16. The predicted octanol–water partition coefficient (Wildman–Crippen LogP) is 4.48. The molecule has 1 aliphatic rings. The molecule has 2 aromatic rings. The van der Waals surface area contributed by atoms with Crippen LogP contribution in [-0.4, -0.2) is 18.0 Å². The van der Waals surface area contributed by atoms with Gasteiger partial charge in [-0.3, -0.25) is 4.90 Å². The molecule has 0 bridgehead atoms. The van der Waals surface area contributed by atoms with Crippen LogP contribution in [0.4, 0.5) is 0 Å². The van der Waals surface area contributed by atoms with Crippen molar-refractivity contribution >= 4 is 0 Å². The Morgan fingerprint density at radius 2 is 1.55 bits per heavy atom. The van der Waals surface area contributed by atoms with Crippen LogP contribution in [0.2, 0.25) is 0 Å². The van der Waals surface area contributed by atoms with Crippen LogP contribution in [-0.2, 0) is 13.2 Å². The van der Waals surface area contributed by atoms with Crippen LogP contribution >= 0.6 is 0 Å². The quantitative estimate of drug-likeness (QED) is 0.806. The smallest absolute Gasteiger partial charge is 0.125 e. The number of hydrogen-bond donors (Lipinski definition) is 0. The maximum atomic E-state index is 6.06. The number of nitrogens with zero attached hydrogens (tertiary/aromatic N) is 1. The van der Waals surface area contributed by atoms with E-state index in [1.54, 1.807) is 0 Å². The lowest BCUT2D eigenvalue weighted by Crippen LogP contribution is -2.18. The monoisotopic (exact) mass is 295 g/mol. The molecule has 2 nitrogen and oxygen atoms in total. The molecular formula is C20H25NO. The van der Waals surface area contributed by atoms with E-state index < -0.39 is 0 Å². The zero-order valence-corrected chi connectivity index (χ0v) is 13.6. The first-order valence-corrected chi connectivity index (χ1v) is 8.21. The van der Waals surface area contributed by atoms with Gasteiger partial charge in [-0.1, -0.05) is 42.5 Å². The van der Waals surface area contributed by atoms with Gasteiger partial charge >= 0.3 is 0 Å². The van der Waals surface area contributed by atoms with Crippen LogP contribution in [0, 0.1) is 13.8 Å². The van der Waals surface area contributed by atoms with E-state index in [1.165, 1.54) is 48.2 Å². The van der Waals surface area contributed by atoms with E-state index in [0.717, 1.165) is 12.3 Å². The third-order valence-corrected chi connectivity index (χ3v) is 4.39. The summed E-state index contributed by atoms with van der Waals surface area (Å²) in [5, 5.41) is 0. The van der Waals surface area contributed by atoms with Crippen LogP contribution in [0.15, 0.2) is 42.5 Å². The van der Waals surface area contributed by atoms with Crippen molar-refractivity contribution in [3.05, 3.63) is 64.7 Å². The molecule has 0 N–H and O–H groups in total. The van der Waals surface area contributed by atoms with Gasteiger partial charge in [-0.05, 0) is 62.0 Å². The van der Waals surface area contributed by atoms with Crippen molar-refractivity contribution in [1.29, 1.82) is 0 Å². The van der Waals surface area contributed by atoms with Crippen LogP contribution in [0.3, 0.4) is 0 Å². The van der Waals surface area contributed by atoms with Crippen molar-refractivity contribution in [2.75, 3.05) is 13.1 Å². The van der Waals surface area contributed by atoms with E-state index in [2.05, 4.69) is 61.2 Å². The Kier molecular flexibility index (Phi) is 4.79. The number of likely N-dealkylation sites (tertiary alicyclic amines) is 1. The van der Waals surface area contributed by atoms with E-state index in [4.69, 9.17) is 4.74 Å². The highest BCUT2D eigenvalue weighted by atomic mass is 16.5. The molecule has 2 aromatic carbocycles. The Hall–Kier alpha value is -1.80. The van der Waals surface area contributed by atoms with Gasteiger partial charge in [0.25, 0.3) is 0 Å². The van der Waals surface area contributed by atoms with E-state index in [9.17, 15) is 0 Å². The van der Waals surface area contributed by atoms with Gasteiger partial charge in [-0.2, -0.15) is 0 Å². The van der Waals surface area contributed by atoms with Crippen molar-refractivity contribution in [2.45, 2.75) is 39.8 Å². The highest BCUT2D eigenvalue weighted by molar-refractivity contribution is 5.40. The van der Waals surface area contributed by atoms with Crippen LogP contribution in [0.1, 0.15) is 35.1 Å². The standard InChI is InChI=1S/C20H25NO/c1-16-7-5-8-17(2)20(16)22-15-19-10-6-9-18(13-19)14-21-11-3-4-12-21/h5-10,13H,3-4,11-12,14-15H2,1-2H3. The van der Waals surface area contributed by atoms with Gasteiger partial charge in [0, 0.05) is 6.54 Å². The van der Waals surface area contributed by atoms with Crippen molar-refractivity contribution in [2.24, 2.45) is 0 Å². The van der Waals surface area contributed by atoms with E-state index >= 15 is 0 Å². The Balaban J connectivity index is 1.65. The molecule has 0 spiro atoms. The fourth-order valence-corrected chi connectivity index (χ4v) is 3.20. The minimum atomic E-state index is 0.638. The van der Waals surface area contributed by atoms with Gasteiger partial charge in [0.1, 0.15) is 12.4 Å². The van der Waals surface area contributed by atoms with E-state index in [1.807, 2.05) is 0 Å². The second-order valence-corrected chi connectivity index (χ2v) is 6.31. The molecule has 0 saturated carbocycles. The summed E-state index contributed by atoms with van der Waals surface area (Å²) in [4.78, 5) is 2.53. The summed E-state index contributed by atoms with van der Waals surface area (Å²) < 4.78 is 6.06. The number of para-hydroxylation sites is 1. The third-order valence-electron chi connectivity index (χ3n) is 4.39. The summed E-state index contributed by atoms with van der Waals surface area (Å²) in [5.74, 6) is 1.02. The molecule has 0 radical (unpaired) electrons. The molecule has 0 atom stereocenters. The van der Waals surface area contributed by atoms with Crippen LogP contribution in [0.25, 0.3) is 0 Å². The molecule has 1 saturated heterocycles. The molecule has 2 heteroatoms. The Morgan fingerprint density at radius 3 is 2.27 bits per heavy atom. The molecule has 1 heterocycles. The summed E-state index contributed by atoms with van der Waals surface area (Å²) in [5.41, 5.74) is 5.05. The zero-order valence-electron chi connectivity index (χ0n) is 13.6. The summed E-state index contributed by atoms with van der Waals surface area (Å²) >= 11 is 0. The fourth-order valence-electron chi connectivity index (χ4n) is 3.20. The molecule has 0 unspecified atom stereocenters. The van der Waals surface area contributed by atoms with Crippen LogP contribution < -0.4 is 4.74 Å². The van der Waals surface area contributed by atoms with Gasteiger partial charge in [0.2, 0.25) is 0 Å². The van der Waals surface area contributed by atoms with Crippen LogP contribution in [0.5, 0.6) is 5.75 Å². The van der Waals surface area contributed by atoms with Gasteiger partial charge in [-0.15, -0.1) is 0 Å². The first kappa shape index (κ1) is 15.1. The second kappa shape index (κ2) is 6.97. The van der Waals surface area contributed by atoms with Crippen molar-refractivity contribution in [3.63, 3.8) is 0 Å². The summed E-state index contributed by atoms with van der Waals surface area (Å²) in [7, 11) is 0. The predicted molar refractivity (Wildman–Crippen MR) is 91.2 cm³/mol. The molecule has 0 aliphatic carbocycles. The third kappa shape index (κ3) is 3.69. The normalized spacial score (nSPS) is 15.2. The van der Waals surface area contributed by atoms with E-state index in [-0.39, 0.29) is 0 Å². The maximum absolute atomic E-state index is 6.06. The summed E-state index contributed by atoms with van der Waals surface area (Å²) in [6.07, 6.45) is 2.69. The summed E-state index contributed by atoms with van der Waals surface area (Å²) in [6, 6.07) is 15.1. The van der Waals surface area contributed by atoms with Gasteiger partial charge < -0.3 is 4.74 Å². The highest BCUT2D eigenvalue weighted by Gasteiger charge is 2.12. The lowest BCUT2D eigenvalue weighted by atomic mass is 10.1. The minimum absolute atomic E-state index is 0.638. The number of aryl methyl sites for hydroxylation is 2. The van der Waals surface area contributed by atoms with E-state index in [0.29, 0.717) is 6.61 Å². The van der Waals surface area contributed by atoms with Gasteiger partial charge in [0.15, 0.2) is 0 Å². The summed E-state index contributed by atoms with van der Waals surface area (Å²) in [6.45, 7) is 8.39. The molecule has 22 heavy (non-hydrogen) atoms. The Labute approximate surface area is 133 Å². The zero-order chi connectivity index (χ0) is 15.4.